The quantitative estimate of drug-likeness (QED) is 0.629. The minimum absolute atomic E-state index is 0.396. The van der Waals surface area contributed by atoms with E-state index in [1.54, 1.807) is 38.1 Å². The average Bonchev–Trinajstić information content (AvgIpc) is 2.56. The molecule has 1 amide bonds. The fraction of sp³-hybridized carbons (Fsp3) is 0.200. The number of nitrogens with one attached hydrogen (secondary N) is 1. The third-order valence-corrected chi connectivity index (χ3v) is 3.17. The first-order valence-electron chi connectivity index (χ1n) is 7.93. The first-order chi connectivity index (χ1) is 11.9. The summed E-state index contributed by atoms with van der Waals surface area (Å²) in [6.07, 6.45) is 0.461. The minimum atomic E-state index is -0.886. The SMILES string of the molecule is CC(C)=CC(=O)O[C@@H](C)C(=O)Nc1ccc(Oc2ccccc2)cc1. The van der Waals surface area contributed by atoms with Crippen LogP contribution in [0.2, 0.25) is 0 Å². The van der Waals surface area contributed by atoms with E-state index in [1.807, 2.05) is 30.3 Å². The molecule has 0 spiro atoms. The van der Waals surface area contributed by atoms with Crippen LogP contribution in [-0.4, -0.2) is 18.0 Å². The summed E-state index contributed by atoms with van der Waals surface area (Å²) in [4.78, 5) is 23.6. The molecule has 0 unspecified atom stereocenters. The van der Waals surface area contributed by atoms with Crippen LogP contribution in [0.25, 0.3) is 0 Å². The van der Waals surface area contributed by atoms with Crippen LogP contribution in [0.5, 0.6) is 11.5 Å². The highest BCUT2D eigenvalue weighted by Crippen LogP contribution is 2.22. The lowest BCUT2D eigenvalue weighted by molar-refractivity contribution is -0.148. The number of amides is 1. The summed E-state index contributed by atoms with van der Waals surface area (Å²) < 4.78 is 10.7. The second kappa shape index (κ2) is 8.68. The minimum Gasteiger partial charge on any atom is -0.457 e. The highest BCUT2D eigenvalue weighted by molar-refractivity contribution is 5.96. The van der Waals surface area contributed by atoms with Gasteiger partial charge < -0.3 is 14.8 Å². The Kier molecular flexibility index (Phi) is 6.34. The number of carbonyl (C=O) groups excluding carboxylic acids is 2. The topological polar surface area (TPSA) is 64.6 Å². The van der Waals surface area contributed by atoms with Crippen molar-refractivity contribution >= 4 is 17.6 Å². The molecular weight excluding hydrogens is 318 g/mol. The number of esters is 1. The van der Waals surface area contributed by atoms with Gasteiger partial charge in [-0.25, -0.2) is 4.79 Å². The number of ether oxygens (including phenoxy) is 2. The average molecular weight is 339 g/mol. The van der Waals surface area contributed by atoms with E-state index >= 15 is 0 Å². The number of hydrogen-bond donors (Lipinski definition) is 1. The molecule has 2 rings (SSSR count). The second-order valence-corrected chi connectivity index (χ2v) is 5.73. The van der Waals surface area contributed by atoms with Gasteiger partial charge in [0.15, 0.2) is 6.10 Å². The van der Waals surface area contributed by atoms with E-state index in [-0.39, 0.29) is 0 Å². The lowest BCUT2D eigenvalue weighted by Crippen LogP contribution is -2.29. The van der Waals surface area contributed by atoms with Crippen molar-refractivity contribution in [3.63, 3.8) is 0 Å². The van der Waals surface area contributed by atoms with Crippen molar-refractivity contribution in [2.75, 3.05) is 5.32 Å². The van der Waals surface area contributed by atoms with E-state index in [0.717, 1.165) is 11.3 Å². The van der Waals surface area contributed by atoms with Crippen LogP contribution in [0.15, 0.2) is 66.2 Å². The molecule has 130 valence electrons. The number of anilines is 1. The second-order valence-electron chi connectivity index (χ2n) is 5.73. The molecule has 1 N–H and O–H groups in total. The van der Waals surface area contributed by atoms with Crippen LogP contribution in [0.3, 0.4) is 0 Å². The van der Waals surface area contributed by atoms with Crippen LogP contribution in [0.1, 0.15) is 20.8 Å². The summed E-state index contributed by atoms with van der Waals surface area (Å²) >= 11 is 0. The Morgan fingerprint density at radius 1 is 0.960 bits per heavy atom. The summed E-state index contributed by atoms with van der Waals surface area (Å²) in [7, 11) is 0. The van der Waals surface area contributed by atoms with Gasteiger partial charge in [-0.05, 0) is 57.2 Å². The largest absolute Gasteiger partial charge is 0.457 e. The third-order valence-electron chi connectivity index (χ3n) is 3.17. The maximum absolute atomic E-state index is 12.1. The van der Waals surface area contributed by atoms with E-state index in [1.165, 1.54) is 13.0 Å². The molecule has 2 aromatic rings. The first-order valence-corrected chi connectivity index (χ1v) is 7.93. The smallest absolute Gasteiger partial charge is 0.331 e. The van der Waals surface area contributed by atoms with Gasteiger partial charge in [-0.2, -0.15) is 0 Å². The number of rotatable bonds is 6. The van der Waals surface area contributed by atoms with Gasteiger partial charge in [-0.1, -0.05) is 23.8 Å². The molecule has 0 bridgehead atoms. The van der Waals surface area contributed by atoms with Crippen molar-refractivity contribution in [3.8, 4) is 11.5 Å². The van der Waals surface area contributed by atoms with Crippen LogP contribution >= 0.6 is 0 Å². The summed E-state index contributed by atoms with van der Waals surface area (Å²) in [5.41, 5.74) is 1.40. The highest BCUT2D eigenvalue weighted by Gasteiger charge is 2.16. The van der Waals surface area contributed by atoms with Gasteiger partial charge in [0, 0.05) is 11.8 Å². The lowest BCUT2D eigenvalue weighted by Gasteiger charge is -2.13. The number of hydrogen-bond acceptors (Lipinski definition) is 4. The van der Waals surface area contributed by atoms with E-state index in [4.69, 9.17) is 9.47 Å². The first kappa shape index (κ1) is 18.3. The van der Waals surface area contributed by atoms with Gasteiger partial charge in [0.1, 0.15) is 11.5 Å². The standard InChI is InChI=1S/C20H21NO4/c1-14(2)13-19(22)24-15(3)20(23)21-16-9-11-18(12-10-16)25-17-7-5-4-6-8-17/h4-13,15H,1-3H3,(H,21,23)/t15-/m0/s1. The van der Waals surface area contributed by atoms with Crippen LogP contribution in [-0.2, 0) is 14.3 Å². The summed E-state index contributed by atoms with van der Waals surface area (Å²) in [5.74, 6) is 0.466. The molecule has 0 fully saturated rings. The summed E-state index contributed by atoms with van der Waals surface area (Å²) in [6, 6.07) is 16.4. The number of para-hydroxylation sites is 1. The van der Waals surface area contributed by atoms with E-state index in [0.29, 0.717) is 11.4 Å². The molecule has 1 atom stereocenters. The fourth-order valence-corrected chi connectivity index (χ4v) is 1.97. The van der Waals surface area contributed by atoms with Gasteiger partial charge in [0.2, 0.25) is 0 Å². The molecule has 5 heteroatoms. The van der Waals surface area contributed by atoms with E-state index < -0.39 is 18.0 Å². The van der Waals surface area contributed by atoms with Crippen LogP contribution < -0.4 is 10.1 Å². The molecule has 0 aromatic heterocycles. The Morgan fingerprint density at radius 3 is 2.16 bits per heavy atom. The predicted molar refractivity (Wildman–Crippen MR) is 96.6 cm³/mol. The molecule has 5 nitrogen and oxygen atoms in total. The van der Waals surface area contributed by atoms with Crippen molar-refractivity contribution in [3.05, 3.63) is 66.2 Å². The fourth-order valence-electron chi connectivity index (χ4n) is 1.97. The highest BCUT2D eigenvalue weighted by atomic mass is 16.5. The maximum atomic E-state index is 12.1. The van der Waals surface area contributed by atoms with Gasteiger partial charge in [0.05, 0.1) is 0 Å². The number of carbonyl (C=O) groups is 2. The molecule has 2 aromatic carbocycles. The Labute approximate surface area is 147 Å². The summed E-state index contributed by atoms with van der Waals surface area (Å²) in [6.45, 7) is 5.09. The molecule has 0 aliphatic heterocycles. The zero-order valence-electron chi connectivity index (χ0n) is 14.5. The molecule has 0 saturated carbocycles. The number of allylic oxidation sites excluding steroid dienone is 1. The van der Waals surface area contributed by atoms with Crippen molar-refractivity contribution in [2.24, 2.45) is 0 Å². The zero-order chi connectivity index (χ0) is 18.2. The Balaban J connectivity index is 1.90. The molecule has 0 saturated heterocycles. The van der Waals surface area contributed by atoms with Gasteiger partial charge in [0.25, 0.3) is 5.91 Å². The molecular formula is C20H21NO4. The Hall–Kier alpha value is -3.08. The molecule has 0 radical (unpaired) electrons. The lowest BCUT2D eigenvalue weighted by atomic mass is 10.2. The molecule has 0 aliphatic carbocycles. The van der Waals surface area contributed by atoms with Gasteiger partial charge in [-0.3, -0.25) is 4.79 Å². The van der Waals surface area contributed by atoms with Crippen molar-refractivity contribution in [2.45, 2.75) is 26.9 Å². The van der Waals surface area contributed by atoms with Crippen molar-refractivity contribution < 1.29 is 19.1 Å². The van der Waals surface area contributed by atoms with Gasteiger partial charge >= 0.3 is 5.97 Å². The normalized spacial score (nSPS) is 11.2. The monoisotopic (exact) mass is 339 g/mol. The third kappa shape index (κ3) is 6.14. The van der Waals surface area contributed by atoms with E-state index in [9.17, 15) is 9.59 Å². The predicted octanol–water partition coefficient (Wildman–Crippen LogP) is 4.32. The van der Waals surface area contributed by atoms with Crippen molar-refractivity contribution in [1.29, 1.82) is 0 Å². The van der Waals surface area contributed by atoms with Crippen LogP contribution in [0, 0.1) is 0 Å². The zero-order valence-corrected chi connectivity index (χ0v) is 14.5. The summed E-state index contributed by atoms with van der Waals surface area (Å²) in [5, 5.41) is 2.70. The van der Waals surface area contributed by atoms with E-state index in [2.05, 4.69) is 5.32 Å². The Bertz CT molecular complexity index is 747. The number of benzene rings is 2. The van der Waals surface area contributed by atoms with Crippen LogP contribution in [0.4, 0.5) is 5.69 Å². The molecule has 0 heterocycles. The maximum Gasteiger partial charge on any atom is 0.331 e. The van der Waals surface area contributed by atoms with Gasteiger partial charge in [-0.15, -0.1) is 0 Å². The molecule has 0 aliphatic rings. The molecule has 25 heavy (non-hydrogen) atoms. The van der Waals surface area contributed by atoms with Crippen molar-refractivity contribution in [1.82, 2.24) is 0 Å². The Morgan fingerprint density at radius 2 is 1.56 bits per heavy atom.